The first-order chi connectivity index (χ1) is 9.86. The van der Waals surface area contributed by atoms with Gasteiger partial charge in [-0.25, -0.2) is 0 Å². The highest BCUT2D eigenvalue weighted by Crippen LogP contribution is 2.27. The molecule has 0 aliphatic rings. The summed E-state index contributed by atoms with van der Waals surface area (Å²) in [5.74, 6) is -0.391. The zero-order valence-electron chi connectivity index (χ0n) is 12.4. The van der Waals surface area contributed by atoms with E-state index in [1.54, 1.807) is 0 Å². The monoisotopic (exact) mass is 296 g/mol. The van der Waals surface area contributed by atoms with Gasteiger partial charge in [0.1, 0.15) is 0 Å². The van der Waals surface area contributed by atoms with Gasteiger partial charge in [0.15, 0.2) is 5.75 Å². The molecule has 0 bridgehead atoms. The summed E-state index contributed by atoms with van der Waals surface area (Å²) in [4.78, 5) is 22.2. The topological polar surface area (TPSA) is 102 Å². The van der Waals surface area contributed by atoms with E-state index in [9.17, 15) is 20.0 Å². The van der Waals surface area contributed by atoms with Crippen LogP contribution in [-0.4, -0.2) is 35.2 Å². The number of aliphatic hydroxyl groups is 1. The van der Waals surface area contributed by atoms with Crippen molar-refractivity contribution in [3.8, 4) is 5.75 Å². The fourth-order valence-electron chi connectivity index (χ4n) is 1.82. The van der Waals surface area contributed by atoms with Crippen LogP contribution >= 0.6 is 0 Å². The minimum atomic E-state index is -0.944. The quantitative estimate of drug-likeness (QED) is 0.591. The lowest BCUT2D eigenvalue weighted by molar-refractivity contribution is -0.385. The number of rotatable bonds is 7. The number of carbonyl (C=O) groups excluding carboxylic acids is 1. The molecular formula is C14H20N2O5. The van der Waals surface area contributed by atoms with Crippen molar-refractivity contribution < 1.29 is 19.6 Å². The molecule has 0 saturated carbocycles. The Kier molecular flexibility index (Phi) is 5.66. The summed E-state index contributed by atoms with van der Waals surface area (Å²) in [6, 6.07) is 3.89. The molecule has 2 N–H and O–H groups in total. The molecule has 1 amide bonds. The number of hydrogen-bond acceptors (Lipinski definition) is 5. The largest absolute Gasteiger partial charge is 0.490 e. The molecule has 0 saturated heterocycles. The van der Waals surface area contributed by atoms with Gasteiger partial charge in [-0.2, -0.15) is 0 Å². The fourth-order valence-corrected chi connectivity index (χ4v) is 1.82. The molecule has 0 radical (unpaired) electrons. The van der Waals surface area contributed by atoms with Gasteiger partial charge < -0.3 is 15.2 Å². The molecule has 0 fully saturated rings. The van der Waals surface area contributed by atoms with E-state index >= 15 is 0 Å². The van der Waals surface area contributed by atoms with Crippen LogP contribution in [0.3, 0.4) is 0 Å². The third kappa shape index (κ3) is 4.16. The van der Waals surface area contributed by atoms with Crippen LogP contribution in [0.25, 0.3) is 0 Å². The van der Waals surface area contributed by atoms with Crippen LogP contribution in [0.15, 0.2) is 18.2 Å². The van der Waals surface area contributed by atoms with Gasteiger partial charge in [-0.15, -0.1) is 0 Å². The van der Waals surface area contributed by atoms with E-state index in [1.807, 2.05) is 13.8 Å². The molecule has 1 aromatic carbocycles. The van der Waals surface area contributed by atoms with Crippen LogP contribution in [0, 0.1) is 10.1 Å². The number of nitro benzene ring substituents is 1. The van der Waals surface area contributed by atoms with Crippen molar-refractivity contribution in [2.75, 3.05) is 13.7 Å². The molecule has 0 unspecified atom stereocenters. The van der Waals surface area contributed by atoms with Gasteiger partial charge in [-0.1, -0.05) is 13.8 Å². The van der Waals surface area contributed by atoms with Crippen molar-refractivity contribution in [2.24, 2.45) is 0 Å². The van der Waals surface area contributed by atoms with Gasteiger partial charge in [0.25, 0.3) is 5.91 Å². The summed E-state index contributed by atoms with van der Waals surface area (Å²) in [5.41, 5.74) is -0.903. The lowest BCUT2D eigenvalue weighted by atomic mass is 9.97. The highest BCUT2D eigenvalue weighted by Gasteiger charge is 2.24. The van der Waals surface area contributed by atoms with Crippen molar-refractivity contribution in [3.05, 3.63) is 33.9 Å². The normalized spacial score (nSPS) is 11.0. The van der Waals surface area contributed by atoms with Crippen molar-refractivity contribution in [1.82, 2.24) is 5.32 Å². The van der Waals surface area contributed by atoms with E-state index in [4.69, 9.17) is 4.74 Å². The summed E-state index contributed by atoms with van der Waals surface area (Å²) in [7, 11) is 1.30. The van der Waals surface area contributed by atoms with Crippen LogP contribution in [0.1, 0.15) is 37.0 Å². The van der Waals surface area contributed by atoms with Crippen molar-refractivity contribution in [3.63, 3.8) is 0 Å². The Hall–Kier alpha value is -2.15. The van der Waals surface area contributed by atoms with Crippen molar-refractivity contribution in [2.45, 2.75) is 32.3 Å². The van der Waals surface area contributed by atoms with Gasteiger partial charge in [0.2, 0.25) is 0 Å². The van der Waals surface area contributed by atoms with Crippen molar-refractivity contribution >= 4 is 11.6 Å². The predicted octanol–water partition coefficient (Wildman–Crippen LogP) is 1.88. The Morgan fingerprint density at radius 2 is 2.05 bits per heavy atom. The Morgan fingerprint density at radius 1 is 1.43 bits per heavy atom. The minimum Gasteiger partial charge on any atom is -0.490 e. The second-order valence-electron chi connectivity index (χ2n) is 4.76. The zero-order valence-corrected chi connectivity index (χ0v) is 12.4. The molecule has 1 rings (SSSR count). The van der Waals surface area contributed by atoms with E-state index < -0.39 is 16.4 Å². The van der Waals surface area contributed by atoms with Crippen LogP contribution in [0.2, 0.25) is 0 Å². The maximum absolute atomic E-state index is 12.0. The Bertz CT molecular complexity index is 526. The number of nitro groups is 1. The smallest absolute Gasteiger partial charge is 0.310 e. The minimum absolute atomic E-state index is 0.0221. The maximum Gasteiger partial charge on any atom is 0.310 e. The van der Waals surface area contributed by atoms with Crippen LogP contribution in [0.5, 0.6) is 5.75 Å². The molecule has 0 heterocycles. The van der Waals surface area contributed by atoms with Crippen LogP contribution < -0.4 is 10.1 Å². The van der Waals surface area contributed by atoms with E-state index in [1.165, 1.54) is 25.3 Å². The highest BCUT2D eigenvalue weighted by molar-refractivity contribution is 5.95. The standard InChI is InChI=1S/C14H20N2O5/c1-4-14(18,5-2)9-15-13(17)10-6-7-11(16(19)20)12(8-10)21-3/h6-8,18H,4-5,9H2,1-3H3,(H,15,17). The van der Waals surface area contributed by atoms with Crippen molar-refractivity contribution in [1.29, 1.82) is 0 Å². The zero-order chi connectivity index (χ0) is 16.0. The average Bonchev–Trinajstić information content (AvgIpc) is 2.51. The molecule has 0 aliphatic heterocycles. The average molecular weight is 296 g/mol. The van der Waals surface area contributed by atoms with E-state index in [0.717, 1.165) is 0 Å². The van der Waals surface area contributed by atoms with Gasteiger partial charge in [-0.3, -0.25) is 14.9 Å². The number of hydrogen-bond donors (Lipinski definition) is 2. The van der Waals surface area contributed by atoms with Gasteiger partial charge in [0, 0.05) is 24.2 Å². The summed E-state index contributed by atoms with van der Waals surface area (Å²) < 4.78 is 4.91. The Balaban J connectivity index is 2.86. The SMILES string of the molecule is CCC(O)(CC)CNC(=O)c1ccc([N+](=O)[O-])c(OC)c1. The van der Waals surface area contributed by atoms with E-state index in [0.29, 0.717) is 12.8 Å². The second-order valence-corrected chi connectivity index (χ2v) is 4.76. The number of carbonyl (C=O) groups is 1. The summed E-state index contributed by atoms with van der Waals surface area (Å²) in [6.07, 6.45) is 1.04. The highest BCUT2D eigenvalue weighted by atomic mass is 16.6. The number of methoxy groups -OCH3 is 1. The third-order valence-corrected chi connectivity index (χ3v) is 3.53. The van der Waals surface area contributed by atoms with Gasteiger partial charge in [0.05, 0.1) is 17.6 Å². The second kappa shape index (κ2) is 7.03. The van der Waals surface area contributed by atoms with Crippen LogP contribution in [0.4, 0.5) is 5.69 Å². The maximum atomic E-state index is 12.0. The van der Waals surface area contributed by atoms with Gasteiger partial charge >= 0.3 is 5.69 Å². The molecule has 0 atom stereocenters. The first-order valence-electron chi connectivity index (χ1n) is 6.70. The number of amides is 1. The Labute approximate surface area is 123 Å². The summed E-state index contributed by atoms with van der Waals surface area (Å²) in [5, 5.41) is 23.5. The fraction of sp³-hybridized carbons (Fsp3) is 0.500. The van der Waals surface area contributed by atoms with Crippen LogP contribution in [-0.2, 0) is 0 Å². The van der Waals surface area contributed by atoms with Gasteiger partial charge in [-0.05, 0) is 18.9 Å². The number of benzene rings is 1. The molecule has 7 nitrogen and oxygen atoms in total. The summed E-state index contributed by atoms with van der Waals surface area (Å²) >= 11 is 0. The molecule has 0 spiro atoms. The molecule has 1 aromatic rings. The molecular weight excluding hydrogens is 276 g/mol. The number of nitrogens with zero attached hydrogens (tertiary/aromatic N) is 1. The third-order valence-electron chi connectivity index (χ3n) is 3.53. The molecule has 0 aromatic heterocycles. The Morgan fingerprint density at radius 3 is 2.52 bits per heavy atom. The number of ether oxygens (including phenoxy) is 1. The predicted molar refractivity (Wildman–Crippen MR) is 77.5 cm³/mol. The molecule has 7 heteroatoms. The van der Waals surface area contributed by atoms with E-state index in [2.05, 4.69) is 5.32 Å². The molecule has 21 heavy (non-hydrogen) atoms. The first-order valence-corrected chi connectivity index (χ1v) is 6.70. The molecule has 0 aliphatic carbocycles. The lowest BCUT2D eigenvalue weighted by Crippen LogP contribution is -2.42. The lowest BCUT2D eigenvalue weighted by Gasteiger charge is -2.25. The molecule has 116 valence electrons. The summed E-state index contributed by atoms with van der Waals surface area (Å²) in [6.45, 7) is 3.80. The number of nitrogens with one attached hydrogen (secondary N) is 1. The first kappa shape index (κ1) is 16.9. The van der Waals surface area contributed by atoms with E-state index in [-0.39, 0.29) is 23.5 Å².